The summed E-state index contributed by atoms with van der Waals surface area (Å²) in [6.45, 7) is 0.126. The van der Waals surface area contributed by atoms with Crippen molar-refractivity contribution in [2.45, 2.75) is 34.7 Å². The van der Waals surface area contributed by atoms with Crippen LogP contribution in [0.25, 0.3) is 0 Å². The molecule has 5 nitrogen and oxygen atoms in total. The second-order valence-electron chi connectivity index (χ2n) is 6.05. The first-order valence-corrected chi connectivity index (χ1v) is 9.19. The lowest BCUT2D eigenvalue weighted by Gasteiger charge is -2.25. The van der Waals surface area contributed by atoms with Gasteiger partial charge in [-0.15, -0.1) is 0 Å². The van der Waals surface area contributed by atoms with E-state index in [0.717, 1.165) is 12.1 Å². The van der Waals surface area contributed by atoms with Gasteiger partial charge in [-0.1, -0.05) is 18.2 Å². The summed E-state index contributed by atoms with van der Waals surface area (Å²) in [5.41, 5.74) is -6.34. The Balaban J connectivity index is 2.53. The average Bonchev–Trinajstić information content (AvgIpc) is 2.60. The molecule has 0 aliphatic carbocycles. The van der Waals surface area contributed by atoms with Crippen molar-refractivity contribution in [2.75, 3.05) is 5.32 Å². The van der Waals surface area contributed by atoms with E-state index in [2.05, 4.69) is 0 Å². The Labute approximate surface area is 160 Å². The molecule has 0 heterocycles. The summed E-state index contributed by atoms with van der Waals surface area (Å²) in [4.78, 5) is 10.1. The summed E-state index contributed by atoms with van der Waals surface area (Å²) in [7, 11) is -4.61. The van der Waals surface area contributed by atoms with Crippen molar-refractivity contribution in [3.8, 4) is 0 Å². The van der Waals surface area contributed by atoms with E-state index in [4.69, 9.17) is 0 Å². The molecule has 29 heavy (non-hydrogen) atoms. The van der Waals surface area contributed by atoms with Gasteiger partial charge in [-0.3, -0.25) is 4.79 Å². The second kappa shape index (κ2) is 7.34. The van der Waals surface area contributed by atoms with Crippen LogP contribution in [0, 0.1) is 0 Å². The van der Waals surface area contributed by atoms with Crippen molar-refractivity contribution in [1.29, 1.82) is 0 Å². The Hall–Kier alpha value is -2.60. The lowest BCUT2D eigenvalue weighted by atomic mass is 10.1. The minimum Gasteiger partial charge on any atom is -0.373 e. The number of aliphatic hydroxyl groups is 1. The highest BCUT2D eigenvalue weighted by Gasteiger charge is 2.55. The predicted octanol–water partition coefficient (Wildman–Crippen LogP) is 3.79. The molecule has 0 aliphatic rings. The molecule has 2 N–H and O–H groups in total. The fraction of sp³-hybridized carbons (Fsp3) is 0.235. The largest absolute Gasteiger partial charge is 0.426 e. The summed E-state index contributed by atoms with van der Waals surface area (Å²) in [6.07, 6.45) is -10.6. The molecule has 2 aromatic carbocycles. The number of hydrogen-bond donors (Lipinski definition) is 2. The van der Waals surface area contributed by atoms with Crippen LogP contribution in [0.4, 0.5) is 32.0 Å². The third-order valence-corrected chi connectivity index (χ3v) is 5.71. The van der Waals surface area contributed by atoms with Gasteiger partial charge in [0.05, 0.1) is 15.4 Å². The van der Waals surface area contributed by atoms with Gasteiger partial charge >= 0.3 is 12.4 Å². The normalized spacial score (nSPS) is 14.9. The second-order valence-corrected chi connectivity index (χ2v) is 7.97. The maximum atomic E-state index is 13.4. The van der Waals surface area contributed by atoms with E-state index in [1.54, 1.807) is 0 Å². The zero-order valence-corrected chi connectivity index (χ0v) is 15.3. The number of nitrogens with one attached hydrogen (secondary N) is 1. The molecule has 0 saturated carbocycles. The number of halogens is 6. The highest BCUT2D eigenvalue weighted by atomic mass is 32.2. The molecule has 2 rings (SSSR count). The number of carbonyl (C=O) groups is 1. The van der Waals surface area contributed by atoms with E-state index in [9.17, 15) is 44.7 Å². The maximum Gasteiger partial charge on any atom is 0.426 e. The Morgan fingerprint density at radius 1 is 0.966 bits per heavy atom. The first-order valence-electron chi connectivity index (χ1n) is 7.70. The zero-order chi connectivity index (χ0) is 22.3. The van der Waals surface area contributed by atoms with Crippen molar-refractivity contribution in [3.63, 3.8) is 0 Å². The van der Waals surface area contributed by atoms with E-state index >= 15 is 0 Å². The van der Waals surface area contributed by atoms with Gasteiger partial charge in [-0.25, -0.2) is 8.42 Å². The van der Waals surface area contributed by atoms with Crippen molar-refractivity contribution in [1.82, 2.24) is 0 Å². The van der Waals surface area contributed by atoms with Crippen molar-refractivity contribution < 1.29 is 44.7 Å². The number of hydrogen-bond acceptors (Lipinski definition) is 4. The SMILES string of the molecule is CC(O)(C(=O)Nc1ccc(S(=O)(=O)c2ccccc2)c(C(F)(F)F)c1)C(F)(F)F. The van der Waals surface area contributed by atoms with Crippen molar-refractivity contribution in [2.24, 2.45) is 0 Å². The first-order chi connectivity index (χ1) is 13.1. The van der Waals surface area contributed by atoms with Crippen LogP contribution in [-0.2, 0) is 20.8 Å². The standard InChI is InChI=1S/C17H13F6NO4S/c1-15(26,17(21,22)23)14(25)24-10-7-8-13(12(9-10)16(18,19)20)29(27,28)11-5-3-2-4-6-11/h2-9,26H,1H3,(H,24,25). The molecule has 1 atom stereocenters. The number of alkyl halides is 6. The molecule has 1 amide bonds. The van der Waals surface area contributed by atoms with E-state index in [0.29, 0.717) is 12.1 Å². The minimum absolute atomic E-state index is 0.126. The zero-order valence-electron chi connectivity index (χ0n) is 14.5. The van der Waals surface area contributed by atoms with Crippen LogP contribution in [0.15, 0.2) is 58.3 Å². The van der Waals surface area contributed by atoms with E-state index in [1.165, 1.54) is 23.5 Å². The van der Waals surface area contributed by atoms with Crippen molar-refractivity contribution in [3.05, 3.63) is 54.1 Å². The number of benzene rings is 2. The Bertz CT molecular complexity index is 1010. The van der Waals surface area contributed by atoms with Gasteiger partial charge in [0.1, 0.15) is 0 Å². The molecule has 1 unspecified atom stereocenters. The molecule has 12 heteroatoms. The monoisotopic (exact) mass is 441 g/mol. The summed E-state index contributed by atoms with van der Waals surface area (Å²) in [5.74, 6) is -2.03. The summed E-state index contributed by atoms with van der Waals surface area (Å²) < 4.78 is 103. The van der Waals surface area contributed by atoms with Gasteiger partial charge in [-0.05, 0) is 37.3 Å². The van der Waals surface area contributed by atoms with Gasteiger partial charge in [0.15, 0.2) is 0 Å². The highest BCUT2D eigenvalue weighted by molar-refractivity contribution is 7.91. The molecular formula is C17H13F6NO4S. The molecule has 2 aromatic rings. The highest BCUT2D eigenvalue weighted by Crippen LogP contribution is 2.38. The van der Waals surface area contributed by atoms with Crippen LogP contribution in [-0.4, -0.2) is 31.2 Å². The molecule has 0 bridgehead atoms. The van der Waals surface area contributed by atoms with Gasteiger partial charge in [0.2, 0.25) is 15.4 Å². The van der Waals surface area contributed by atoms with Gasteiger partial charge < -0.3 is 10.4 Å². The third-order valence-electron chi connectivity index (χ3n) is 3.88. The number of sulfone groups is 1. The summed E-state index contributed by atoms with van der Waals surface area (Å²) in [6, 6.07) is 7.59. The van der Waals surface area contributed by atoms with E-state index in [1.807, 2.05) is 0 Å². The van der Waals surface area contributed by atoms with Gasteiger partial charge in [0, 0.05) is 5.69 Å². The Morgan fingerprint density at radius 2 is 1.52 bits per heavy atom. The lowest BCUT2D eigenvalue weighted by Crippen LogP contribution is -2.52. The molecular weight excluding hydrogens is 428 g/mol. The molecule has 0 fully saturated rings. The smallest absolute Gasteiger partial charge is 0.373 e. The minimum atomic E-state index is -5.39. The maximum absolute atomic E-state index is 13.4. The summed E-state index contributed by atoms with van der Waals surface area (Å²) >= 11 is 0. The number of anilines is 1. The Morgan fingerprint density at radius 3 is 2.00 bits per heavy atom. The quantitative estimate of drug-likeness (QED) is 0.708. The fourth-order valence-electron chi connectivity index (χ4n) is 2.17. The molecule has 0 aromatic heterocycles. The van der Waals surface area contributed by atoms with Crippen LogP contribution >= 0.6 is 0 Å². The number of amides is 1. The number of carbonyl (C=O) groups excluding carboxylic acids is 1. The first kappa shape index (κ1) is 22.7. The van der Waals surface area contributed by atoms with Crippen LogP contribution < -0.4 is 5.32 Å². The predicted molar refractivity (Wildman–Crippen MR) is 88.6 cm³/mol. The molecule has 158 valence electrons. The molecule has 0 saturated heterocycles. The lowest BCUT2D eigenvalue weighted by molar-refractivity contribution is -0.242. The average molecular weight is 441 g/mol. The van der Waals surface area contributed by atoms with Gasteiger partial charge in [0.25, 0.3) is 5.91 Å². The fourth-order valence-corrected chi connectivity index (χ4v) is 3.65. The van der Waals surface area contributed by atoms with Crippen LogP contribution in [0.2, 0.25) is 0 Å². The molecule has 0 radical (unpaired) electrons. The molecule has 0 aliphatic heterocycles. The van der Waals surface area contributed by atoms with Gasteiger partial charge in [-0.2, -0.15) is 26.3 Å². The van der Waals surface area contributed by atoms with Crippen LogP contribution in [0.5, 0.6) is 0 Å². The molecule has 0 spiro atoms. The van der Waals surface area contributed by atoms with Crippen LogP contribution in [0.1, 0.15) is 12.5 Å². The van der Waals surface area contributed by atoms with Crippen molar-refractivity contribution >= 4 is 21.4 Å². The third kappa shape index (κ3) is 4.53. The van der Waals surface area contributed by atoms with E-state index in [-0.39, 0.29) is 13.0 Å². The van der Waals surface area contributed by atoms with E-state index < -0.39 is 54.7 Å². The Kier molecular flexibility index (Phi) is 5.74. The summed E-state index contributed by atoms with van der Waals surface area (Å²) in [5, 5.41) is 10.8. The van der Waals surface area contributed by atoms with Crippen LogP contribution in [0.3, 0.4) is 0 Å². The number of rotatable bonds is 4. The topological polar surface area (TPSA) is 83.5 Å².